The first-order valence-corrected chi connectivity index (χ1v) is 3.01. The van der Waals surface area contributed by atoms with Crippen molar-refractivity contribution in [3.8, 4) is 0 Å². The highest BCUT2D eigenvalue weighted by Gasteiger charge is 2.40. The summed E-state index contributed by atoms with van der Waals surface area (Å²) in [6.45, 7) is -0.407. The summed E-state index contributed by atoms with van der Waals surface area (Å²) in [5.74, 6) is 0. The quantitative estimate of drug-likeness (QED) is 0.446. The Bertz CT molecular complexity index is 123. The molecule has 2 radical (unpaired) electrons. The van der Waals surface area contributed by atoms with E-state index in [-0.39, 0.29) is 0 Å². The molecule has 10 heavy (non-hydrogen) atoms. The fourth-order valence-electron chi connectivity index (χ4n) is 0.908. The van der Waals surface area contributed by atoms with Crippen molar-refractivity contribution in [2.75, 3.05) is 6.61 Å². The van der Waals surface area contributed by atoms with Gasteiger partial charge in [0.05, 0.1) is 12.6 Å². The zero-order valence-electron chi connectivity index (χ0n) is 5.27. The van der Waals surface area contributed by atoms with Gasteiger partial charge in [-0.05, 0) is 0 Å². The summed E-state index contributed by atoms with van der Waals surface area (Å²) in [4.78, 5) is 0. The summed E-state index contributed by atoms with van der Waals surface area (Å²) in [6, 6.07) is -1.10. The second-order valence-corrected chi connectivity index (χ2v) is 2.26. The second kappa shape index (κ2) is 2.86. The molecule has 0 bridgehead atoms. The third-order valence-corrected chi connectivity index (χ3v) is 1.53. The molecule has 1 heterocycles. The van der Waals surface area contributed by atoms with Gasteiger partial charge in [-0.2, -0.15) is 0 Å². The van der Waals surface area contributed by atoms with E-state index in [1.165, 1.54) is 0 Å². The summed E-state index contributed by atoms with van der Waals surface area (Å²) in [5.41, 5.74) is 0. The van der Waals surface area contributed by atoms with Gasteiger partial charge in [-0.1, -0.05) is 0 Å². The SMILES string of the molecule is [B][C@@H]1O[C@H](CO)[C@@H](O)[C@H]1F. The first-order chi connectivity index (χ1) is 4.66. The number of aliphatic hydroxyl groups excluding tert-OH is 2. The van der Waals surface area contributed by atoms with E-state index < -0.39 is 31.0 Å². The lowest BCUT2D eigenvalue weighted by molar-refractivity contribution is -0.00566. The van der Waals surface area contributed by atoms with E-state index in [1.807, 2.05) is 0 Å². The summed E-state index contributed by atoms with van der Waals surface area (Å²) >= 11 is 0. The minimum Gasteiger partial charge on any atom is -0.394 e. The third kappa shape index (κ3) is 1.16. The van der Waals surface area contributed by atoms with E-state index in [1.54, 1.807) is 0 Å². The van der Waals surface area contributed by atoms with Crippen LogP contribution in [0.3, 0.4) is 0 Å². The minimum atomic E-state index is -1.59. The molecule has 0 spiro atoms. The number of ether oxygens (including phenoxy) is 1. The Hall–Kier alpha value is -0.125. The van der Waals surface area contributed by atoms with Crippen LogP contribution in [-0.4, -0.2) is 49.0 Å². The standard InChI is InChI=1S/C5H8BFO3/c6-5-3(7)4(9)2(1-8)10-5/h2-5,8-9H,1H2/t2-,3-,4-,5-/m1/s1. The van der Waals surface area contributed by atoms with Crippen LogP contribution in [0.1, 0.15) is 0 Å². The van der Waals surface area contributed by atoms with E-state index in [2.05, 4.69) is 4.74 Å². The molecule has 1 aliphatic heterocycles. The molecule has 1 fully saturated rings. The van der Waals surface area contributed by atoms with Crippen LogP contribution >= 0.6 is 0 Å². The fourth-order valence-corrected chi connectivity index (χ4v) is 0.908. The van der Waals surface area contributed by atoms with Crippen LogP contribution in [-0.2, 0) is 4.74 Å². The summed E-state index contributed by atoms with van der Waals surface area (Å²) < 4.78 is 17.2. The van der Waals surface area contributed by atoms with Crippen LogP contribution < -0.4 is 0 Å². The first kappa shape index (κ1) is 7.98. The molecule has 0 amide bonds. The van der Waals surface area contributed by atoms with Crippen LogP contribution in [0.2, 0.25) is 0 Å². The highest BCUT2D eigenvalue weighted by atomic mass is 19.1. The molecule has 0 unspecified atom stereocenters. The van der Waals surface area contributed by atoms with Gasteiger partial charge in [-0.15, -0.1) is 0 Å². The predicted octanol–water partition coefficient (Wildman–Crippen LogP) is -1.43. The summed E-state index contributed by atoms with van der Waals surface area (Å²) in [7, 11) is 5.07. The lowest BCUT2D eigenvalue weighted by atomic mass is 9.94. The van der Waals surface area contributed by atoms with Gasteiger partial charge >= 0.3 is 0 Å². The Morgan fingerprint density at radius 3 is 2.40 bits per heavy atom. The van der Waals surface area contributed by atoms with Crippen LogP contribution in [0, 0.1) is 0 Å². The maximum atomic E-state index is 12.5. The van der Waals surface area contributed by atoms with Crippen LogP contribution in [0.5, 0.6) is 0 Å². The minimum absolute atomic E-state index is 0.407. The smallest absolute Gasteiger partial charge is 0.146 e. The van der Waals surface area contributed by atoms with Crippen LogP contribution in [0.15, 0.2) is 0 Å². The van der Waals surface area contributed by atoms with Crippen LogP contribution in [0.4, 0.5) is 4.39 Å². The Balaban J connectivity index is 2.53. The van der Waals surface area contributed by atoms with Gasteiger partial charge in [-0.3, -0.25) is 0 Å². The maximum absolute atomic E-state index is 12.5. The number of halogens is 1. The third-order valence-electron chi connectivity index (χ3n) is 1.53. The molecule has 56 valence electrons. The Kier molecular flexibility index (Phi) is 2.28. The van der Waals surface area contributed by atoms with Crippen molar-refractivity contribution in [2.45, 2.75) is 24.4 Å². The van der Waals surface area contributed by atoms with E-state index >= 15 is 0 Å². The zero-order chi connectivity index (χ0) is 7.72. The first-order valence-electron chi connectivity index (χ1n) is 3.01. The molecule has 0 aromatic rings. The number of alkyl halides is 1. The normalized spacial score (nSPS) is 47.9. The van der Waals surface area contributed by atoms with Crippen molar-refractivity contribution in [1.82, 2.24) is 0 Å². The van der Waals surface area contributed by atoms with Gasteiger partial charge in [0.2, 0.25) is 0 Å². The molecular formula is C5H8BFO3. The van der Waals surface area contributed by atoms with Crippen molar-refractivity contribution in [1.29, 1.82) is 0 Å². The van der Waals surface area contributed by atoms with Gasteiger partial charge in [0.25, 0.3) is 0 Å². The average molecular weight is 146 g/mol. The van der Waals surface area contributed by atoms with Gasteiger partial charge < -0.3 is 14.9 Å². The molecule has 1 rings (SSSR count). The number of aliphatic hydroxyl groups is 2. The largest absolute Gasteiger partial charge is 0.394 e. The average Bonchev–Trinajstić information content (AvgIpc) is 2.17. The highest BCUT2D eigenvalue weighted by molar-refractivity contribution is 6.11. The van der Waals surface area contributed by atoms with Crippen molar-refractivity contribution < 1.29 is 19.3 Å². The summed E-state index contributed by atoms with van der Waals surface area (Å²) in [6.07, 6.45) is -3.75. The topological polar surface area (TPSA) is 49.7 Å². The van der Waals surface area contributed by atoms with Gasteiger partial charge in [-0.25, -0.2) is 4.39 Å². The van der Waals surface area contributed by atoms with E-state index in [0.29, 0.717) is 0 Å². The molecule has 4 atom stereocenters. The fraction of sp³-hybridized carbons (Fsp3) is 1.00. The molecule has 0 saturated carbocycles. The number of hydrogen-bond donors (Lipinski definition) is 2. The lowest BCUT2D eigenvalue weighted by Gasteiger charge is -2.09. The van der Waals surface area contributed by atoms with E-state index in [9.17, 15) is 4.39 Å². The van der Waals surface area contributed by atoms with Crippen molar-refractivity contribution in [3.05, 3.63) is 0 Å². The number of rotatable bonds is 1. The molecular weight excluding hydrogens is 138 g/mol. The molecule has 3 nitrogen and oxygen atoms in total. The molecule has 1 aliphatic rings. The van der Waals surface area contributed by atoms with Crippen molar-refractivity contribution in [3.63, 3.8) is 0 Å². The second-order valence-electron chi connectivity index (χ2n) is 2.26. The lowest BCUT2D eigenvalue weighted by Crippen LogP contribution is -2.30. The van der Waals surface area contributed by atoms with Gasteiger partial charge in [0.1, 0.15) is 26.2 Å². The molecule has 0 aromatic carbocycles. The predicted molar refractivity (Wildman–Crippen MR) is 32.4 cm³/mol. The van der Waals surface area contributed by atoms with Crippen LogP contribution in [0.25, 0.3) is 0 Å². The van der Waals surface area contributed by atoms with Crippen molar-refractivity contribution in [2.24, 2.45) is 0 Å². The Labute approximate surface area is 59.2 Å². The highest BCUT2D eigenvalue weighted by Crippen LogP contribution is 2.21. The van der Waals surface area contributed by atoms with E-state index in [0.717, 1.165) is 0 Å². The zero-order valence-corrected chi connectivity index (χ0v) is 5.27. The maximum Gasteiger partial charge on any atom is 0.146 e. The Morgan fingerprint density at radius 2 is 2.20 bits per heavy atom. The molecule has 5 heteroatoms. The molecule has 0 aromatic heterocycles. The Morgan fingerprint density at radius 1 is 1.60 bits per heavy atom. The number of hydrogen-bond acceptors (Lipinski definition) is 3. The van der Waals surface area contributed by atoms with Crippen molar-refractivity contribution >= 4 is 7.85 Å². The van der Waals surface area contributed by atoms with Gasteiger partial charge in [0.15, 0.2) is 0 Å². The molecule has 0 aliphatic carbocycles. The summed E-state index contributed by atoms with van der Waals surface area (Å²) in [5, 5.41) is 17.4. The molecule has 2 N–H and O–H groups in total. The van der Waals surface area contributed by atoms with E-state index in [4.69, 9.17) is 18.1 Å². The molecule has 1 saturated heterocycles. The monoisotopic (exact) mass is 146 g/mol. The van der Waals surface area contributed by atoms with Gasteiger partial charge in [0, 0.05) is 0 Å².